The molecule has 6 nitrogen and oxygen atoms in total. The average Bonchev–Trinajstić information content (AvgIpc) is 2.88. The molecule has 122 valence electrons. The fourth-order valence-corrected chi connectivity index (χ4v) is 3.55. The zero-order valence-corrected chi connectivity index (χ0v) is 15.2. The van der Waals surface area contributed by atoms with Crippen molar-refractivity contribution < 1.29 is 15.0 Å². The van der Waals surface area contributed by atoms with Gasteiger partial charge < -0.3 is 15.2 Å². The van der Waals surface area contributed by atoms with E-state index in [1.165, 1.54) is 0 Å². The number of carbonyl (C=O) groups excluding carboxylic acids is 1. The highest BCUT2D eigenvalue weighted by Crippen LogP contribution is 2.40. The van der Waals surface area contributed by atoms with Crippen LogP contribution >= 0.6 is 31.9 Å². The third-order valence-electron chi connectivity index (χ3n) is 3.38. The summed E-state index contributed by atoms with van der Waals surface area (Å²) >= 11 is 6.73. The van der Waals surface area contributed by atoms with Gasteiger partial charge in [0.15, 0.2) is 11.8 Å². The van der Waals surface area contributed by atoms with Crippen LogP contribution in [0, 0.1) is 0 Å². The first kappa shape index (κ1) is 16.8. The molecule has 24 heavy (non-hydrogen) atoms. The first-order valence-electron chi connectivity index (χ1n) is 6.85. The van der Waals surface area contributed by atoms with Gasteiger partial charge in [0.2, 0.25) is 5.88 Å². The normalized spacial score (nSPS) is 12.8. The summed E-state index contributed by atoms with van der Waals surface area (Å²) in [7, 11) is 0. The second-order valence-electron chi connectivity index (χ2n) is 4.98. The molecule has 0 saturated carbocycles. The van der Waals surface area contributed by atoms with Crippen LogP contribution in [-0.4, -0.2) is 21.1 Å². The molecule has 0 spiro atoms. The Morgan fingerprint density at radius 1 is 1.17 bits per heavy atom. The Balaban J connectivity index is 1.93. The maximum absolute atomic E-state index is 12.0. The van der Waals surface area contributed by atoms with E-state index in [1.54, 1.807) is 36.4 Å². The summed E-state index contributed by atoms with van der Waals surface area (Å²) < 4.78 is 1.49. The first-order chi connectivity index (χ1) is 11.5. The average molecular weight is 453 g/mol. The second kappa shape index (κ2) is 6.84. The van der Waals surface area contributed by atoms with Crippen LogP contribution in [0.5, 0.6) is 5.88 Å². The molecule has 2 aromatic carbocycles. The molecule has 1 heterocycles. The zero-order valence-electron chi connectivity index (χ0n) is 12.1. The number of nitrogens with zero attached hydrogens (tertiary/aromatic N) is 2. The van der Waals surface area contributed by atoms with E-state index in [2.05, 4.69) is 47.1 Å². The SMILES string of the molecule is O=C(N=Nc1c(O)[nH]c2c(Br)cc(Br)cc12)[C@@H](O)c1ccccc1. The number of benzene rings is 2. The highest BCUT2D eigenvalue weighted by molar-refractivity contribution is 9.11. The lowest BCUT2D eigenvalue weighted by Crippen LogP contribution is -2.08. The summed E-state index contributed by atoms with van der Waals surface area (Å²) in [6.07, 6.45) is -1.40. The monoisotopic (exact) mass is 451 g/mol. The minimum atomic E-state index is -1.40. The quantitative estimate of drug-likeness (QED) is 0.500. The number of halogens is 2. The van der Waals surface area contributed by atoms with Crippen molar-refractivity contribution in [2.75, 3.05) is 0 Å². The van der Waals surface area contributed by atoms with Crippen LogP contribution in [0.4, 0.5) is 5.69 Å². The van der Waals surface area contributed by atoms with Crippen LogP contribution in [0.1, 0.15) is 11.7 Å². The lowest BCUT2D eigenvalue weighted by atomic mass is 10.1. The van der Waals surface area contributed by atoms with E-state index in [9.17, 15) is 15.0 Å². The third kappa shape index (κ3) is 3.26. The van der Waals surface area contributed by atoms with Crippen molar-refractivity contribution in [3.8, 4) is 5.88 Å². The van der Waals surface area contributed by atoms with Gasteiger partial charge in [0.1, 0.15) is 0 Å². The number of aromatic hydroxyl groups is 1. The highest BCUT2D eigenvalue weighted by Gasteiger charge is 2.18. The Hall–Kier alpha value is -2.03. The molecule has 1 amide bonds. The third-order valence-corrected chi connectivity index (χ3v) is 4.46. The summed E-state index contributed by atoms with van der Waals surface area (Å²) in [5.41, 5.74) is 1.18. The number of aliphatic hydroxyl groups excluding tert-OH is 1. The van der Waals surface area contributed by atoms with E-state index in [1.807, 2.05) is 6.07 Å². The number of nitrogens with one attached hydrogen (secondary N) is 1. The van der Waals surface area contributed by atoms with Crippen molar-refractivity contribution in [2.24, 2.45) is 10.2 Å². The molecule has 0 aliphatic carbocycles. The Bertz CT molecular complexity index is 939. The smallest absolute Gasteiger partial charge is 0.297 e. The van der Waals surface area contributed by atoms with Gasteiger partial charge in [0.05, 0.1) is 5.52 Å². The van der Waals surface area contributed by atoms with Crippen molar-refractivity contribution in [3.63, 3.8) is 0 Å². The van der Waals surface area contributed by atoms with Gasteiger partial charge in [0.25, 0.3) is 5.91 Å². The topological polar surface area (TPSA) is 98.0 Å². The molecule has 0 aliphatic heterocycles. The molecule has 3 rings (SSSR count). The van der Waals surface area contributed by atoms with Crippen molar-refractivity contribution >= 4 is 54.4 Å². The van der Waals surface area contributed by atoms with Crippen LogP contribution in [0.3, 0.4) is 0 Å². The maximum Gasteiger partial charge on any atom is 0.297 e. The second-order valence-corrected chi connectivity index (χ2v) is 6.75. The van der Waals surface area contributed by atoms with E-state index in [-0.39, 0.29) is 11.6 Å². The van der Waals surface area contributed by atoms with Crippen LogP contribution in [0.2, 0.25) is 0 Å². The Morgan fingerprint density at radius 3 is 2.58 bits per heavy atom. The van der Waals surface area contributed by atoms with Gasteiger partial charge in [-0.25, -0.2) is 0 Å². The molecule has 1 atom stereocenters. The van der Waals surface area contributed by atoms with Crippen molar-refractivity contribution in [1.82, 2.24) is 4.98 Å². The minimum absolute atomic E-state index is 0.126. The van der Waals surface area contributed by atoms with Crippen LogP contribution < -0.4 is 0 Å². The zero-order chi connectivity index (χ0) is 17.3. The van der Waals surface area contributed by atoms with Crippen molar-refractivity contribution in [2.45, 2.75) is 6.10 Å². The Kier molecular flexibility index (Phi) is 4.79. The molecule has 0 fully saturated rings. The molecule has 3 aromatic rings. The number of hydrogen-bond acceptors (Lipinski definition) is 4. The molecule has 0 unspecified atom stereocenters. The van der Waals surface area contributed by atoms with Gasteiger partial charge in [0, 0.05) is 14.3 Å². The molecule has 1 aromatic heterocycles. The number of hydrogen-bond donors (Lipinski definition) is 3. The number of rotatable bonds is 3. The summed E-state index contributed by atoms with van der Waals surface area (Å²) in [6.45, 7) is 0. The molecular formula is C16H11Br2N3O3. The van der Waals surface area contributed by atoms with E-state index in [0.717, 1.165) is 8.95 Å². The Labute approximate surface area is 153 Å². The van der Waals surface area contributed by atoms with Crippen molar-refractivity contribution in [3.05, 3.63) is 57.0 Å². The Morgan fingerprint density at radius 2 is 1.88 bits per heavy atom. The number of aromatic nitrogens is 1. The standard InChI is InChI=1S/C16H11Br2N3O3/c17-9-6-10-12(11(18)7-9)19-15(23)13(10)20-21-16(24)14(22)8-4-2-1-3-5-8/h1-7,14,19,22-23H/t14-/m0/s1. The number of aliphatic hydroxyl groups is 1. The largest absolute Gasteiger partial charge is 0.493 e. The highest BCUT2D eigenvalue weighted by atomic mass is 79.9. The van der Waals surface area contributed by atoms with E-state index >= 15 is 0 Å². The minimum Gasteiger partial charge on any atom is -0.493 e. The number of carbonyl (C=O) groups is 1. The number of H-pyrrole nitrogens is 1. The van der Waals surface area contributed by atoms with Gasteiger partial charge >= 0.3 is 0 Å². The van der Waals surface area contributed by atoms with E-state index in [0.29, 0.717) is 16.5 Å². The van der Waals surface area contributed by atoms with Gasteiger partial charge in [-0.15, -0.1) is 10.2 Å². The molecule has 0 aliphatic rings. The predicted molar refractivity (Wildman–Crippen MR) is 96.3 cm³/mol. The lowest BCUT2D eigenvalue weighted by molar-refractivity contribution is -0.126. The lowest BCUT2D eigenvalue weighted by Gasteiger charge is -2.04. The maximum atomic E-state index is 12.0. The fraction of sp³-hybridized carbons (Fsp3) is 0.0625. The fourth-order valence-electron chi connectivity index (χ4n) is 2.23. The summed E-state index contributed by atoms with van der Waals surface area (Å²) in [4.78, 5) is 14.8. The molecular weight excluding hydrogens is 442 g/mol. The van der Waals surface area contributed by atoms with Gasteiger partial charge in [-0.1, -0.05) is 46.3 Å². The van der Waals surface area contributed by atoms with Crippen LogP contribution in [-0.2, 0) is 4.79 Å². The summed E-state index contributed by atoms with van der Waals surface area (Å²) in [5.74, 6) is -1.03. The number of azo groups is 1. The van der Waals surface area contributed by atoms with E-state index in [4.69, 9.17) is 0 Å². The first-order valence-corrected chi connectivity index (χ1v) is 8.44. The van der Waals surface area contributed by atoms with E-state index < -0.39 is 12.0 Å². The van der Waals surface area contributed by atoms with Crippen LogP contribution in [0.15, 0.2) is 61.6 Å². The summed E-state index contributed by atoms with van der Waals surface area (Å²) in [5, 5.41) is 27.9. The summed E-state index contributed by atoms with van der Waals surface area (Å²) in [6, 6.07) is 12.0. The van der Waals surface area contributed by atoms with Gasteiger partial charge in [-0.2, -0.15) is 0 Å². The molecule has 0 saturated heterocycles. The number of amides is 1. The molecule has 0 bridgehead atoms. The number of aromatic amines is 1. The predicted octanol–water partition coefficient (Wildman–Crippen LogP) is 4.74. The molecule has 3 N–H and O–H groups in total. The molecule has 0 radical (unpaired) electrons. The number of fused-ring (bicyclic) bond motifs is 1. The van der Waals surface area contributed by atoms with Crippen molar-refractivity contribution in [1.29, 1.82) is 0 Å². The van der Waals surface area contributed by atoms with Gasteiger partial charge in [-0.05, 0) is 33.6 Å². The van der Waals surface area contributed by atoms with Gasteiger partial charge in [-0.3, -0.25) is 4.79 Å². The molecule has 8 heteroatoms. The van der Waals surface area contributed by atoms with Crippen LogP contribution in [0.25, 0.3) is 10.9 Å².